The third kappa shape index (κ3) is 3.38. The van der Waals surface area contributed by atoms with Crippen LogP contribution in [0.15, 0.2) is 42.5 Å². The first kappa shape index (κ1) is 19.2. The molecule has 0 spiro atoms. The number of nitrogens with zero attached hydrogens (tertiary/aromatic N) is 3. The molecule has 8 heteroatoms. The van der Waals surface area contributed by atoms with Gasteiger partial charge in [-0.2, -0.15) is 0 Å². The van der Waals surface area contributed by atoms with Crippen molar-refractivity contribution in [3.8, 4) is 11.4 Å². The normalized spacial score (nSPS) is 13.8. The average Bonchev–Trinajstić information content (AvgIpc) is 3.22. The Hall–Kier alpha value is -2.77. The molecule has 0 aliphatic carbocycles. The number of aromatic nitrogens is 3. The van der Waals surface area contributed by atoms with Crippen LogP contribution in [-0.4, -0.2) is 20.7 Å². The van der Waals surface area contributed by atoms with Gasteiger partial charge < -0.3 is 9.88 Å². The number of aryl methyl sites for hydroxylation is 1. The van der Waals surface area contributed by atoms with Gasteiger partial charge >= 0.3 is 0 Å². The van der Waals surface area contributed by atoms with Crippen LogP contribution in [0.3, 0.4) is 0 Å². The summed E-state index contributed by atoms with van der Waals surface area (Å²) in [6, 6.07) is 12.1. The number of fused-ring (bicyclic) bond motifs is 2. The number of anilines is 1. The molecule has 1 N–H and O–H groups in total. The van der Waals surface area contributed by atoms with Crippen LogP contribution in [0.25, 0.3) is 21.5 Å². The molecule has 30 heavy (non-hydrogen) atoms. The standard InChI is InChI=1S/C22H18ClFN4OS/c23-19-14-6-3-4-7-17(14)30-20(19)22(29)25-16-12-13(9-10-15(16)24)21-27-26-18-8-2-1-5-11-28(18)21/h3-4,6-7,9-10,12H,1-2,5,8,11H2,(H,25,29). The number of thiophene rings is 1. The van der Waals surface area contributed by atoms with E-state index < -0.39 is 11.7 Å². The molecule has 2 aromatic carbocycles. The fourth-order valence-electron chi connectivity index (χ4n) is 3.80. The molecule has 5 rings (SSSR count). The van der Waals surface area contributed by atoms with Gasteiger partial charge in [0, 0.05) is 28.6 Å². The number of nitrogens with one attached hydrogen (secondary N) is 1. The molecule has 152 valence electrons. The lowest BCUT2D eigenvalue weighted by molar-refractivity contribution is 0.103. The Bertz CT molecular complexity index is 1270. The van der Waals surface area contributed by atoms with E-state index in [1.54, 1.807) is 12.1 Å². The van der Waals surface area contributed by atoms with Crippen molar-refractivity contribution in [3.63, 3.8) is 0 Å². The lowest BCUT2D eigenvalue weighted by Crippen LogP contribution is -2.12. The molecular weight excluding hydrogens is 423 g/mol. The van der Waals surface area contributed by atoms with Crippen LogP contribution in [0, 0.1) is 5.82 Å². The van der Waals surface area contributed by atoms with Crippen molar-refractivity contribution in [1.29, 1.82) is 0 Å². The molecule has 0 fully saturated rings. The number of halogens is 2. The minimum Gasteiger partial charge on any atom is -0.319 e. The van der Waals surface area contributed by atoms with Crippen LogP contribution >= 0.6 is 22.9 Å². The summed E-state index contributed by atoms with van der Waals surface area (Å²) in [5, 5.41) is 12.5. The van der Waals surface area contributed by atoms with Crippen LogP contribution in [0.2, 0.25) is 5.02 Å². The van der Waals surface area contributed by atoms with E-state index in [1.807, 2.05) is 24.3 Å². The van der Waals surface area contributed by atoms with E-state index in [4.69, 9.17) is 11.6 Å². The number of hydrogen-bond donors (Lipinski definition) is 1. The van der Waals surface area contributed by atoms with Gasteiger partial charge in [0.1, 0.15) is 16.5 Å². The van der Waals surface area contributed by atoms with Crippen molar-refractivity contribution < 1.29 is 9.18 Å². The zero-order valence-electron chi connectivity index (χ0n) is 16.0. The van der Waals surface area contributed by atoms with E-state index in [-0.39, 0.29) is 5.69 Å². The Labute approximate surface area is 181 Å². The van der Waals surface area contributed by atoms with E-state index in [0.29, 0.717) is 15.7 Å². The van der Waals surface area contributed by atoms with Crippen molar-refractivity contribution in [2.45, 2.75) is 32.2 Å². The van der Waals surface area contributed by atoms with E-state index in [9.17, 15) is 9.18 Å². The Balaban J connectivity index is 1.48. The van der Waals surface area contributed by atoms with Gasteiger partial charge in [-0.1, -0.05) is 36.2 Å². The van der Waals surface area contributed by atoms with Crippen LogP contribution in [-0.2, 0) is 13.0 Å². The van der Waals surface area contributed by atoms with Gasteiger partial charge in [0.2, 0.25) is 0 Å². The minimum absolute atomic E-state index is 0.0944. The Morgan fingerprint density at radius 2 is 2.00 bits per heavy atom. The van der Waals surface area contributed by atoms with Gasteiger partial charge in [0.05, 0.1) is 10.7 Å². The van der Waals surface area contributed by atoms with Gasteiger partial charge in [-0.15, -0.1) is 21.5 Å². The fraction of sp³-hybridized carbons (Fsp3) is 0.227. The van der Waals surface area contributed by atoms with E-state index >= 15 is 0 Å². The smallest absolute Gasteiger partial charge is 0.267 e. The van der Waals surface area contributed by atoms with Gasteiger partial charge in [-0.05, 0) is 37.1 Å². The largest absolute Gasteiger partial charge is 0.319 e. The molecular formula is C22H18ClFN4OS. The summed E-state index contributed by atoms with van der Waals surface area (Å²) < 4.78 is 17.5. The second-order valence-corrected chi connectivity index (χ2v) is 8.72. The van der Waals surface area contributed by atoms with Crippen molar-refractivity contribution in [2.75, 3.05) is 5.32 Å². The van der Waals surface area contributed by atoms with E-state index in [0.717, 1.165) is 53.7 Å². The average molecular weight is 441 g/mol. The number of benzene rings is 2. The van der Waals surface area contributed by atoms with Crippen molar-refractivity contribution in [1.82, 2.24) is 14.8 Å². The Kier molecular flexibility index (Phi) is 5.00. The summed E-state index contributed by atoms with van der Waals surface area (Å²) >= 11 is 7.69. The second-order valence-electron chi connectivity index (χ2n) is 7.29. The Morgan fingerprint density at radius 1 is 1.13 bits per heavy atom. The molecule has 1 aliphatic heterocycles. The molecule has 0 saturated carbocycles. The molecule has 0 bridgehead atoms. The van der Waals surface area contributed by atoms with Crippen LogP contribution in [0.1, 0.15) is 34.8 Å². The van der Waals surface area contributed by atoms with Crippen LogP contribution in [0.4, 0.5) is 10.1 Å². The molecule has 2 aromatic heterocycles. The zero-order valence-corrected chi connectivity index (χ0v) is 17.6. The number of rotatable bonds is 3. The third-order valence-electron chi connectivity index (χ3n) is 5.32. The summed E-state index contributed by atoms with van der Waals surface area (Å²) in [6.07, 6.45) is 4.21. The SMILES string of the molecule is O=C(Nc1cc(-c2nnc3n2CCCCC3)ccc1F)c1sc2ccccc2c1Cl. The van der Waals surface area contributed by atoms with Crippen LogP contribution < -0.4 is 5.32 Å². The molecule has 0 saturated heterocycles. The second kappa shape index (κ2) is 7.81. The third-order valence-corrected chi connectivity index (χ3v) is 7.00. The number of carbonyl (C=O) groups excluding carboxylic acids is 1. The van der Waals surface area contributed by atoms with Gasteiger partial charge in [0.15, 0.2) is 5.82 Å². The maximum absolute atomic E-state index is 14.5. The minimum atomic E-state index is -0.514. The summed E-state index contributed by atoms with van der Waals surface area (Å²) in [5.41, 5.74) is 0.812. The first-order valence-corrected chi connectivity index (χ1v) is 11.0. The van der Waals surface area contributed by atoms with Crippen LogP contribution in [0.5, 0.6) is 0 Å². The van der Waals surface area contributed by atoms with E-state index in [2.05, 4.69) is 20.1 Å². The Morgan fingerprint density at radius 3 is 2.87 bits per heavy atom. The lowest BCUT2D eigenvalue weighted by Gasteiger charge is -2.10. The summed E-state index contributed by atoms with van der Waals surface area (Å²) in [6.45, 7) is 0.841. The number of hydrogen-bond acceptors (Lipinski definition) is 4. The molecule has 4 aromatic rings. The lowest BCUT2D eigenvalue weighted by atomic mass is 10.1. The summed E-state index contributed by atoms with van der Waals surface area (Å²) in [4.78, 5) is 13.2. The number of carbonyl (C=O) groups is 1. The highest BCUT2D eigenvalue weighted by atomic mass is 35.5. The molecule has 3 heterocycles. The van der Waals surface area contributed by atoms with Crippen molar-refractivity contribution in [2.24, 2.45) is 0 Å². The molecule has 0 atom stereocenters. The van der Waals surface area contributed by atoms with Gasteiger partial charge in [0.25, 0.3) is 5.91 Å². The maximum Gasteiger partial charge on any atom is 0.267 e. The topological polar surface area (TPSA) is 59.8 Å². The monoisotopic (exact) mass is 440 g/mol. The molecule has 1 aliphatic rings. The zero-order chi connectivity index (χ0) is 20.7. The molecule has 5 nitrogen and oxygen atoms in total. The maximum atomic E-state index is 14.5. The molecule has 0 unspecified atom stereocenters. The highest BCUT2D eigenvalue weighted by Gasteiger charge is 2.20. The fourth-order valence-corrected chi connectivity index (χ4v) is 5.21. The highest BCUT2D eigenvalue weighted by molar-refractivity contribution is 7.21. The predicted octanol–water partition coefficient (Wildman–Crippen LogP) is 5.93. The van der Waals surface area contributed by atoms with Crippen molar-refractivity contribution in [3.05, 3.63) is 64.0 Å². The summed E-state index contributed by atoms with van der Waals surface area (Å²) in [5.74, 6) is 0.703. The predicted molar refractivity (Wildman–Crippen MR) is 118 cm³/mol. The molecule has 1 amide bonds. The molecule has 0 radical (unpaired) electrons. The van der Waals surface area contributed by atoms with Gasteiger partial charge in [-0.3, -0.25) is 4.79 Å². The van der Waals surface area contributed by atoms with Gasteiger partial charge in [-0.25, -0.2) is 4.39 Å². The highest BCUT2D eigenvalue weighted by Crippen LogP contribution is 2.36. The first-order valence-electron chi connectivity index (χ1n) is 9.82. The van der Waals surface area contributed by atoms with Crippen molar-refractivity contribution >= 4 is 44.6 Å². The quantitative estimate of drug-likeness (QED) is 0.429. The van der Waals surface area contributed by atoms with E-state index in [1.165, 1.54) is 17.4 Å². The number of amides is 1. The summed E-state index contributed by atoms with van der Waals surface area (Å²) in [7, 11) is 0. The first-order chi connectivity index (χ1) is 14.6.